The average Bonchev–Trinajstić information content (AvgIpc) is 2.23. The minimum Gasteiger partial charge on any atom is -0.475 e. The number of nitrogens with two attached hydrogens (primary N) is 1. The van der Waals surface area contributed by atoms with Gasteiger partial charge in [0.25, 0.3) is 0 Å². The van der Waals surface area contributed by atoms with Crippen molar-refractivity contribution in [3.63, 3.8) is 0 Å². The van der Waals surface area contributed by atoms with Gasteiger partial charge >= 0.3 is 12.1 Å². The van der Waals surface area contributed by atoms with E-state index in [1.165, 1.54) is 6.08 Å². The van der Waals surface area contributed by atoms with E-state index in [0.717, 1.165) is 0 Å². The van der Waals surface area contributed by atoms with Crippen molar-refractivity contribution in [2.24, 2.45) is 5.73 Å². The lowest BCUT2D eigenvalue weighted by Crippen LogP contribution is -2.30. The number of carbonyl (C=O) groups excluding carboxylic acids is 1. The number of aliphatic carboxylic acids is 1. The molecule has 0 saturated heterocycles. The van der Waals surface area contributed by atoms with Crippen molar-refractivity contribution in [3.8, 4) is 6.07 Å². The van der Waals surface area contributed by atoms with Crippen molar-refractivity contribution in [2.75, 3.05) is 13.1 Å². The van der Waals surface area contributed by atoms with Gasteiger partial charge in [0.1, 0.15) is 0 Å². The third-order valence-corrected chi connectivity index (χ3v) is 1.04. The van der Waals surface area contributed by atoms with Crippen molar-refractivity contribution in [3.05, 3.63) is 12.2 Å². The number of amides is 1. The first kappa shape index (κ1) is 17.3. The molecule has 1 amide bonds. The third-order valence-electron chi connectivity index (χ3n) is 1.04. The molecule has 0 rings (SSSR count). The van der Waals surface area contributed by atoms with Crippen LogP contribution in [-0.2, 0) is 9.59 Å². The number of nitriles is 1. The minimum absolute atomic E-state index is 0.0135. The molecule has 0 aromatic heterocycles. The van der Waals surface area contributed by atoms with E-state index in [2.05, 4.69) is 5.32 Å². The van der Waals surface area contributed by atoms with E-state index in [1.54, 1.807) is 12.1 Å². The molecule has 0 aromatic rings. The Morgan fingerprint density at radius 1 is 1.47 bits per heavy atom. The van der Waals surface area contributed by atoms with Crippen LogP contribution in [0.1, 0.15) is 0 Å². The zero-order chi connectivity index (χ0) is 13.9. The molecule has 0 bridgehead atoms. The summed E-state index contributed by atoms with van der Waals surface area (Å²) in [6.45, 7) is 0.351. The van der Waals surface area contributed by atoms with Gasteiger partial charge in [0.05, 0.1) is 12.6 Å². The zero-order valence-corrected chi connectivity index (χ0v) is 8.49. The smallest absolute Gasteiger partial charge is 0.475 e. The molecule has 0 aliphatic rings. The van der Waals surface area contributed by atoms with Crippen LogP contribution in [0.15, 0.2) is 12.2 Å². The van der Waals surface area contributed by atoms with Gasteiger partial charge < -0.3 is 16.2 Å². The number of nitrogens with zero attached hydrogens (tertiary/aromatic N) is 1. The maximum Gasteiger partial charge on any atom is 0.490 e. The molecule has 0 heterocycles. The highest BCUT2D eigenvalue weighted by atomic mass is 19.4. The second kappa shape index (κ2) is 9.17. The van der Waals surface area contributed by atoms with Gasteiger partial charge in [-0.25, -0.2) is 4.79 Å². The Hall–Kier alpha value is -2.08. The van der Waals surface area contributed by atoms with Crippen molar-refractivity contribution in [1.29, 1.82) is 5.26 Å². The first-order chi connectivity index (χ1) is 7.75. The highest BCUT2D eigenvalue weighted by Crippen LogP contribution is 2.13. The molecule has 0 unspecified atom stereocenters. The molecule has 0 radical (unpaired) electrons. The van der Waals surface area contributed by atoms with Gasteiger partial charge in [0, 0.05) is 12.6 Å². The van der Waals surface area contributed by atoms with Crippen LogP contribution in [0.3, 0.4) is 0 Å². The highest BCUT2D eigenvalue weighted by molar-refractivity contribution is 5.77. The highest BCUT2D eigenvalue weighted by Gasteiger charge is 2.38. The van der Waals surface area contributed by atoms with Crippen LogP contribution in [0.4, 0.5) is 13.2 Å². The normalized spacial score (nSPS) is 10.1. The molecule has 6 nitrogen and oxygen atoms in total. The summed E-state index contributed by atoms with van der Waals surface area (Å²) in [7, 11) is 0. The summed E-state index contributed by atoms with van der Waals surface area (Å²) in [6.07, 6.45) is -2.23. The Kier molecular flexibility index (Phi) is 9.34. The Balaban J connectivity index is 0. The van der Waals surface area contributed by atoms with Gasteiger partial charge in [0.2, 0.25) is 5.91 Å². The van der Waals surface area contributed by atoms with Crippen LogP contribution in [0.25, 0.3) is 0 Å². The van der Waals surface area contributed by atoms with E-state index in [0.29, 0.717) is 6.54 Å². The van der Waals surface area contributed by atoms with Crippen LogP contribution < -0.4 is 11.1 Å². The summed E-state index contributed by atoms with van der Waals surface area (Å²) in [5.74, 6) is -2.98. The number of halogens is 3. The first-order valence-electron chi connectivity index (χ1n) is 4.07. The maximum absolute atomic E-state index is 10.6. The number of allylic oxidation sites excluding steroid dienone is 1. The Bertz CT molecular complexity index is 320. The van der Waals surface area contributed by atoms with Gasteiger partial charge in [-0.15, -0.1) is 0 Å². The number of carbonyl (C=O) groups is 2. The summed E-state index contributed by atoms with van der Waals surface area (Å²) in [6, 6.07) is 1.80. The molecule has 9 heteroatoms. The summed E-state index contributed by atoms with van der Waals surface area (Å²) in [5.41, 5.74) is 4.99. The number of carboxylic acids is 1. The van der Waals surface area contributed by atoms with Crippen LogP contribution >= 0.6 is 0 Å². The van der Waals surface area contributed by atoms with Crippen molar-refractivity contribution in [2.45, 2.75) is 6.18 Å². The molecule has 0 aliphatic heterocycles. The maximum atomic E-state index is 10.6. The lowest BCUT2D eigenvalue weighted by atomic mass is 10.5. The lowest BCUT2D eigenvalue weighted by molar-refractivity contribution is -0.192. The van der Waals surface area contributed by atoms with Gasteiger partial charge in [-0.2, -0.15) is 18.4 Å². The minimum atomic E-state index is -5.08. The van der Waals surface area contributed by atoms with Crippen LogP contribution in [0.2, 0.25) is 0 Å². The number of carboxylic acid groups (broad SMARTS) is 1. The molecule has 0 saturated carbocycles. The Morgan fingerprint density at radius 3 is 2.24 bits per heavy atom. The molecular formula is C8H10F3N3O3. The first-order valence-corrected chi connectivity index (χ1v) is 4.07. The van der Waals surface area contributed by atoms with Crippen LogP contribution in [-0.4, -0.2) is 36.2 Å². The van der Waals surface area contributed by atoms with E-state index < -0.39 is 12.1 Å². The lowest BCUT2D eigenvalue weighted by Gasteiger charge is -1.95. The van der Waals surface area contributed by atoms with Crippen molar-refractivity contribution in [1.82, 2.24) is 5.32 Å². The molecule has 0 aromatic carbocycles. The number of hydrogen-bond acceptors (Lipinski definition) is 4. The predicted molar refractivity (Wildman–Crippen MR) is 50.5 cm³/mol. The SMILES string of the molecule is N#C/C=C/CNC(=O)CN.O=C(O)C(F)(F)F. The molecule has 0 aliphatic carbocycles. The van der Waals surface area contributed by atoms with Crippen LogP contribution in [0.5, 0.6) is 0 Å². The van der Waals surface area contributed by atoms with Gasteiger partial charge in [-0.3, -0.25) is 4.79 Å². The monoisotopic (exact) mass is 253 g/mol. The second-order valence-corrected chi connectivity index (χ2v) is 2.34. The van der Waals surface area contributed by atoms with Crippen molar-refractivity contribution < 1.29 is 27.9 Å². The summed E-state index contributed by atoms with van der Waals surface area (Å²) >= 11 is 0. The summed E-state index contributed by atoms with van der Waals surface area (Å²) in [4.78, 5) is 19.3. The summed E-state index contributed by atoms with van der Waals surface area (Å²) < 4.78 is 31.7. The standard InChI is InChI=1S/C6H9N3O.C2HF3O2/c7-3-1-2-4-9-6(10)5-8;3-2(4,5)1(6)7/h1-2H,4-5,8H2,(H,9,10);(H,6,7)/b2-1+;. The molecular weight excluding hydrogens is 243 g/mol. The van der Waals surface area contributed by atoms with Crippen molar-refractivity contribution >= 4 is 11.9 Å². The van der Waals surface area contributed by atoms with Gasteiger partial charge in [0.15, 0.2) is 0 Å². The largest absolute Gasteiger partial charge is 0.490 e. The molecule has 17 heavy (non-hydrogen) atoms. The molecule has 0 fully saturated rings. The van der Waals surface area contributed by atoms with E-state index in [1.807, 2.05) is 0 Å². The van der Waals surface area contributed by atoms with Gasteiger partial charge in [-0.1, -0.05) is 6.08 Å². The van der Waals surface area contributed by atoms with Gasteiger partial charge in [-0.05, 0) is 0 Å². The Labute approximate surface area is 94.5 Å². The Morgan fingerprint density at radius 2 is 1.94 bits per heavy atom. The number of hydrogen-bond donors (Lipinski definition) is 3. The van der Waals surface area contributed by atoms with Crippen LogP contribution in [0, 0.1) is 11.3 Å². The average molecular weight is 253 g/mol. The van der Waals surface area contributed by atoms with E-state index in [9.17, 15) is 18.0 Å². The topological polar surface area (TPSA) is 116 Å². The summed E-state index contributed by atoms with van der Waals surface area (Å²) in [5, 5.41) is 17.6. The fourth-order valence-electron chi connectivity index (χ4n) is 0.357. The second-order valence-electron chi connectivity index (χ2n) is 2.34. The third kappa shape index (κ3) is 13.9. The fourth-order valence-corrected chi connectivity index (χ4v) is 0.357. The number of alkyl halides is 3. The van der Waals surface area contributed by atoms with E-state index in [-0.39, 0.29) is 12.5 Å². The molecule has 4 N–H and O–H groups in total. The predicted octanol–water partition coefficient (Wildman–Crippen LogP) is -0.226. The molecule has 0 spiro atoms. The number of nitrogens with one attached hydrogen (secondary N) is 1. The quantitative estimate of drug-likeness (QED) is 0.601. The van der Waals surface area contributed by atoms with E-state index in [4.69, 9.17) is 20.9 Å². The number of rotatable bonds is 3. The molecule has 96 valence electrons. The van der Waals surface area contributed by atoms with E-state index >= 15 is 0 Å². The zero-order valence-electron chi connectivity index (χ0n) is 8.49. The molecule has 0 atom stereocenters. The fraction of sp³-hybridized carbons (Fsp3) is 0.375.